The molecule has 1 N–H and O–H groups in total. The average Bonchev–Trinajstić information content (AvgIpc) is 2.60. The Balaban J connectivity index is 1.93. The number of phenolic OH excluding ortho intramolecular Hbond substituents is 1. The number of phenols is 1. The molecule has 5 nitrogen and oxygen atoms in total. The van der Waals surface area contributed by atoms with Gasteiger partial charge >= 0.3 is 0 Å². The maximum atomic E-state index is 14.4. The molecule has 3 rings (SSSR count). The minimum absolute atomic E-state index is 0.279. The fourth-order valence-electron chi connectivity index (χ4n) is 2.72. The third-order valence-electron chi connectivity index (χ3n) is 4.06. The Hall–Kier alpha value is -2.26. The SMILES string of the molecule is O=S(=O)(c1cc(O)c(Oc2ccc(F)cc2F)cc1F)N1CCCCC1. The Kier molecular flexibility index (Phi) is 5.10. The summed E-state index contributed by atoms with van der Waals surface area (Å²) in [4.78, 5) is -0.677. The Bertz CT molecular complexity index is 928. The van der Waals surface area contributed by atoms with Crippen molar-refractivity contribution in [3.05, 3.63) is 47.8 Å². The lowest BCUT2D eigenvalue weighted by Crippen LogP contribution is -2.36. The van der Waals surface area contributed by atoms with E-state index in [1.807, 2.05) is 0 Å². The van der Waals surface area contributed by atoms with E-state index in [0.29, 0.717) is 25.0 Å². The molecule has 1 fully saturated rings. The maximum absolute atomic E-state index is 14.4. The van der Waals surface area contributed by atoms with E-state index in [9.17, 15) is 26.7 Å². The Morgan fingerprint density at radius 2 is 1.62 bits per heavy atom. The summed E-state index contributed by atoms with van der Waals surface area (Å²) >= 11 is 0. The van der Waals surface area contributed by atoms with Gasteiger partial charge in [0.05, 0.1) is 0 Å². The molecule has 1 heterocycles. The van der Waals surface area contributed by atoms with Crippen LogP contribution in [0.4, 0.5) is 13.2 Å². The number of aromatic hydroxyl groups is 1. The molecule has 26 heavy (non-hydrogen) atoms. The van der Waals surface area contributed by atoms with Crippen molar-refractivity contribution in [1.82, 2.24) is 4.31 Å². The first-order chi connectivity index (χ1) is 12.3. The van der Waals surface area contributed by atoms with E-state index in [0.717, 1.165) is 28.9 Å². The second-order valence-corrected chi connectivity index (χ2v) is 7.80. The number of benzene rings is 2. The summed E-state index contributed by atoms with van der Waals surface area (Å²) in [6.45, 7) is 0.559. The highest BCUT2D eigenvalue weighted by Crippen LogP contribution is 2.36. The van der Waals surface area contributed by atoms with Crippen molar-refractivity contribution in [2.75, 3.05) is 13.1 Å². The minimum atomic E-state index is -4.10. The van der Waals surface area contributed by atoms with Crippen molar-refractivity contribution in [2.24, 2.45) is 0 Å². The summed E-state index contributed by atoms with van der Waals surface area (Å²) in [6.07, 6.45) is 2.26. The number of sulfonamides is 1. The maximum Gasteiger partial charge on any atom is 0.246 e. The van der Waals surface area contributed by atoms with Gasteiger partial charge < -0.3 is 9.84 Å². The van der Waals surface area contributed by atoms with Crippen LogP contribution in [-0.2, 0) is 10.0 Å². The molecule has 2 aromatic rings. The number of hydrogen-bond donors (Lipinski definition) is 1. The second kappa shape index (κ2) is 7.16. The van der Waals surface area contributed by atoms with Gasteiger partial charge in [0.2, 0.25) is 10.0 Å². The van der Waals surface area contributed by atoms with Crippen molar-refractivity contribution in [3.8, 4) is 17.2 Å². The molecule has 0 atom stereocenters. The van der Waals surface area contributed by atoms with Crippen LogP contribution < -0.4 is 4.74 Å². The zero-order valence-electron chi connectivity index (χ0n) is 13.6. The summed E-state index contributed by atoms with van der Waals surface area (Å²) < 4.78 is 72.3. The van der Waals surface area contributed by atoms with Crippen LogP contribution in [0.3, 0.4) is 0 Å². The van der Waals surface area contributed by atoms with E-state index in [-0.39, 0.29) is 13.1 Å². The van der Waals surface area contributed by atoms with Crippen molar-refractivity contribution >= 4 is 10.0 Å². The van der Waals surface area contributed by atoms with Gasteiger partial charge in [0.25, 0.3) is 0 Å². The third-order valence-corrected chi connectivity index (χ3v) is 5.97. The fraction of sp³-hybridized carbons (Fsp3) is 0.294. The van der Waals surface area contributed by atoms with Crippen LogP contribution >= 0.6 is 0 Å². The lowest BCUT2D eigenvalue weighted by Gasteiger charge is -2.26. The lowest BCUT2D eigenvalue weighted by atomic mass is 10.2. The van der Waals surface area contributed by atoms with Gasteiger partial charge in [-0.05, 0) is 25.0 Å². The molecular weight excluding hydrogens is 371 g/mol. The van der Waals surface area contributed by atoms with E-state index < -0.39 is 49.6 Å². The van der Waals surface area contributed by atoms with Crippen LogP contribution in [-0.4, -0.2) is 30.9 Å². The molecule has 0 spiro atoms. The molecule has 0 saturated carbocycles. The number of rotatable bonds is 4. The summed E-state index contributed by atoms with van der Waals surface area (Å²) in [5, 5.41) is 10.0. The van der Waals surface area contributed by atoms with Crippen LogP contribution in [0, 0.1) is 17.5 Å². The first-order valence-electron chi connectivity index (χ1n) is 7.94. The Morgan fingerprint density at radius 1 is 0.923 bits per heavy atom. The fourth-order valence-corrected chi connectivity index (χ4v) is 4.31. The van der Waals surface area contributed by atoms with Crippen LogP contribution in [0.5, 0.6) is 17.2 Å². The van der Waals surface area contributed by atoms with Gasteiger partial charge in [0.1, 0.15) is 16.5 Å². The van der Waals surface area contributed by atoms with Gasteiger partial charge in [0.15, 0.2) is 23.1 Å². The number of hydrogen-bond acceptors (Lipinski definition) is 4. The highest BCUT2D eigenvalue weighted by molar-refractivity contribution is 7.89. The first-order valence-corrected chi connectivity index (χ1v) is 9.38. The van der Waals surface area contributed by atoms with Crippen LogP contribution in [0.2, 0.25) is 0 Å². The molecule has 9 heteroatoms. The minimum Gasteiger partial charge on any atom is -0.504 e. The Labute approximate surface area is 148 Å². The number of nitrogens with zero attached hydrogens (tertiary/aromatic N) is 1. The van der Waals surface area contributed by atoms with E-state index in [1.165, 1.54) is 0 Å². The van der Waals surface area contributed by atoms with Crippen molar-refractivity contribution in [2.45, 2.75) is 24.2 Å². The molecule has 1 saturated heterocycles. The van der Waals surface area contributed by atoms with Crippen LogP contribution in [0.15, 0.2) is 35.2 Å². The predicted molar refractivity (Wildman–Crippen MR) is 87.1 cm³/mol. The van der Waals surface area contributed by atoms with E-state index in [4.69, 9.17) is 4.74 Å². The van der Waals surface area contributed by atoms with Gasteiger partial charge in [-0.3, -0.25) is 0 Å². The molecular formula is C17H16F3NO4S. The van der Waals surface area contributed by atoms with Gasteiger partial charge in [0, 0.05) is 31.3 Å². The summed E-state index contributed by atoms with van der Waals surface area (Å²) in [5.74, 6) is -4.60. The summed E-state index contributed by atoms with van der Waals surface area (Å²) in [5.41, 5.74) is 0. The van der Waals surface area contributed by atoms with Gasteiger partial charge in [-0.1, -0.05) is 6.42 Å². The number of ether oxygens (including phenoxy) is 1. The molecule has 2 aromatic carbocycles. The second-order valence-electron chi connectivity index (χ2n) is 5.89. The molecule has 0 bridgehead atoms. The molecule has 0 radical (unpaired) electrons. The third kappa shape index (κ3) is 3.63. The van der Waals surface area contributed by atoms with Gasteiger partial charge in [-0.15, -0.1) is 0 Å². The lowest BCUT2D eigenvalue weighted by molar-refractivity contribution is 0.344. The summed E-state index contributed by atoms with van der Waals surface area (Å²) in [7, 11) is -4.10. The highest BCUT2D eigenvalue weighted by atomic mass is 32.2. The van der Waals surface area contributed by atoms with Gasteiger partial charge in [-0.25, -0.2) is 21.6 Å². The van der Waals surface area contributed by atoms with Crippen molar-refractivity contribution in [3.63, 3.8) is 0 Å². The van der Waals surface area contributed by atoms with Crippen molar-refractivity contribution in [1.29, 1.82) is 0 Å². The number of piperidine rings is 1. The normalized spacial score (nSPS) is 15.8. The van der Waals surface area contributed by atoms with Gasteiger partial charge in [-0.2, -0.15) is 4.31 Å². The number of halogens is 3. The van der Waals surface area contributed by atoms with E-state index >= 15 is 0 Å². The first kappa shape index (κ1) is 18.5. The van der Waals surface area contributed by atoms with E-state index in [1.54, 1.807) is 0 Å². The summed E-state index contributed by atoms with van der Waals surface area (Å²) in [6, 6.07) is 3.87. The van der Waals surface area contributed by atoms with E-state index in [2.05, 4.69) is 0 Å². The highest BCUT2D eigenvalue weighted by Gasteiger charge is 2.30. The molecule has 0 aliphatic carbocycles. The molecule has 1 aliphatic rings. The zero-order valence-corrected chi connectivity index (χ0v) is 14.4. The van der Waals surface area contributed by atoms with Crippen LogP contribution in [0.25, 0.3) is 0 Å². The molecule has 0 amide bonds. The topological polar surface area (TPSA) is 66.8 Å². The largest absolute Gasteiger partial charge is 0.504 e. The predicted octanol–water partition coefficient (Wildman–Crippen LogP) is 3.78. The average molecular weight is 387 g/mol. The molecule has 1 aliphatic heterocycles. The monoisotopic (exact) mass is 387 g/mol. The standard InChI is InChI=1S/C17H16F3NO4S/c18-11-4-5-15(12(19)8-11)25-16-9-13(20)17(10-14(16)22)26(23,24)21-6-2-1-3-7-21/h4-5,8-10,22H,1-3,6-7H2. The smallest absolute Gasteiger partial charge is 0.246 e. The van der Waals surface area contributed by atoms with Crippen LogP contribution in [0.1, 0.15) is 19.3 Å². The molecule has 0 aromatic heterocycles. The molecule has 140 valence electrons. The zero-order chi connectivity index (χ0) is 18.9. The van der Waals surface area contributed by atoms with Crippen molar-refractivity contribution < 1.29 is 31.4 Å². The Morgan fingerprint density at radius 3 is 2.27 bits per heavy atom. The molecule has 0 unspecified atom stereocenters. The quantitative estimate of drug-likeness (QED) is 0.867.